The fraction of sp³-hybridized carbons (Fsp3) is 0.300. The summed E-state index contributed by atoms with van der Waals surface area (Å²) in [4.78, 5) is 37.5. The first-order valence-corrected chi connectivity index (χ1v) is 14.9. The van der Waals surface area contributed by atoms with Crippen LogP contribution in [0.4, 0.5) is 23.2 Å². The van der Waals surface area contributed by atoms with Gasteiger partial charge in [-0.25, -0.2) is 12.8 Å². The number of carboxylic acids is 1. The molecule has 0 aliphatic heterocycles. The van der Waals surface area contributed by atoms with E-state index in [1.165, 1.54) is 56.5 Å². The number of alkyl halides is 3. The van der Waals surface area contributed by atoms with Crippen LogP contribution in [0.25, 0.3) is 11.1 Å². The summed E-state index contributed by atoms with van der Waals surface area (Å²) in [7, 11) is -4.26. The maximum absolute atomic E-state index is 14.8. The van der Waals surface area contributed by atoms with Crippen LogP contribution in [0.2, 0.25) is 0 Å². The summed E-state index contributed by atoms with van der Waals surface area (Å²) in [5.74, 6) is -4.84. The lowest BCUT2D eigenvalue weighted by Gasteiger charge is -2.22. The average Bonchev–Trinajstić information content (AvgIpc) is 3.44. The normalized spacial score (nSPS) is 17.5. The summed E-state index contributed by atoms with van der Waals surface area (Å²) < 4.78 is 82.4. The highest BCUT2D eigenvalue weighted by atomic mass is 32.2. The van der Waals surface area contributed by atoms with Crippen molar-refractivity contribution in [1.29, 1.82) is 0 Å². The molecule has 0 aromatic heterocycles. The second-order valence-corrected chi connectivity index (χ2v) is 12.2. The van der Waals surface area contributed by atoms with E-state index in [0.29, 0.717) is 30.9 Å². The number of benzene rings is 3. The van der Waals surface area contributed by atoms with Crippen LogP contribution >= 0.6 is 0 Å². The number of carbonyl (C=O) groups is 3. The van der Waals surface area contributed by atoms with E-state index in [1.54, 1.807) is 0 Å². The highest BCUT2D eigenvalue weighted by Crippen LogP contribution is 2.34. The van der Waals surface area contributed by atoms with Gasteiger partial charge in [-0.3, -0.25) is 14.4 Å². The molecule has 1 aliphatic carbocycles. The van der Waals surface area contributed by atoms with Crippen molar-refractivity contribution >= 4 is 33.3 Å². The van der Waals surface area contributed by atoms with Gasteiger partial charge in [0.1, 0.15) is 11.6 Å². The molecule has 3 atom stereocenters. The van der Waals surface area contributed by atoms with Gasteiger partial charge >= 0.3 is 11.5 Å². The zero-order chi connectivity index (χ0) is 32.4. The lowest BCUT2D eigenvalue weighted by atomic mass is 9.91. The fourth-order valence-corrected chi connectivity index (χ4v) is 5.90. The summed E-state index contributed by atoms with van der Waals surface area (Å²) in [6, 6.07) is 11.5. The largest absolute Gasteiger partial charge is 0.501 e. The number of hydrogen-bond acceptors (Lipinski definition) is 6. The number of amides is 2. The topological polar surface area (TPSA) is 139 Å². The molecule has 4 rings (SSSR count). The Morgan fingerprint density at radius 1 is 1.02 bits per heavy atom. The monoisotopic (exact) mass is 636 g/mol. The van der Waals surface area contributed by atoms with Crippen molar-refractivity contribution in [3.8, 4) is 16.9 Å². The number of halogens is 4. The van der Waals surface area contributed by atoms with Crippen molar-refractivity contribution in [3.05, 3.63) is 77.6 Å². The Balaban J connectivity index is 1.59. The predicted molar refractivity (Wildman–Crippen MR) is 151 cm³/mol. The van der Waals surface area contributed by atoms with E-state index < -0.39 is 61.7 Å². The van der Waals surface area contributed by atoms with Crippen LogP contribution < -0.4 is 15.4 Å². The highest BCUT2D eigenvalue weighted by molar-refractivity contribution is 7.92. The molecule has 0 heterocycles. The number of ether oxygens (including phenoxy) is 1. The third kappa shape index (κ3) is 6.69. The molecule has 0 radical (unpaired) electrons. The molecule has 14 heteroatoms. The Kier molecular flexibility index (Phi) is 9.33. The third-order valence-corrected chi connectivity index (χ3v) is 8.99. The van der Waals surface area contributed by atoms with Crippen molar-refractivity contribution in [2.75, 3.05) is 12.4 Å². The standard InChI is InChI=1S/C30H28F4N2O7S/c1-16(29(39)40)21-11-9-17(22-12-10-19(43-2)15-25(22)31)13-24(21)28(38)36-26-8-4-7-23(26)27(37)35-18-5-3-6-20(14-18)44(41,42)30(32,33)34/h3,5-6,9-16,23,26H,4,7-8H2,1-2H3,(H,35,37)(H,36,38)(H,39,40). The van der Waals surface area contributed by atoms with E-state index in [1.807, 2.05) is 0 Å². The van der Waals surface area contributed by atoms with E-state index in [-0.39, 0.29) is 28.1 Å². The fourth-order valence-electron chi connectivity index (χ4n) is 5.09. The first kappa shape index (κ1) is 32.5. The van der Waals surface area contributed by atoms with Gasteiger partial charge in [-0.2, -0.15) is 13.2 Å². The number of carboxylic acid groups (broad SMARTS) is 1. The van der Waals surface area contributed by atoms with Crippen molar-refractivity contribution in [2.24, 2.45) is 5.92 Å². The summed E-state index contributed by atoms with van der Waals surface area (Å²) in [6.45, 7) is 1.39. The lowest BCUT2D eigenvalue weighted by molar-refractivity contribution is -0.138. The van der Waals surface area contributed by atoms with Gasteiger partial charge in [-0.1, -0.05) is 24.6 Å². The number of aliphatic carboxylic acids is 1. The average molecular weight is 637 g/mol. The summed E-state index contributed by atoms with van der Waals surface area (Å²) >= 11 is 0. The Hall–Kier alpha value is -4.46. The van der Waals surface area contributed by atoms with Crippen LogP contribution in [0, 0.1) is 11.7 Å². The van der Waals surface area contributed by atoms with Crippen LogP contribution in [0.15, 0.2) is 65.6 Å². The van der Waals surface area contributed by atoms with Gasteiger partial charge in [0.2, 0.25) is 5.91 Å². The SMILES string of the molecule is COc1ccc(-c2ccc(C(C)C(=O)O)c(C(=O)NC3CCCC3C(=O)Nc3cccc(S(=O)(=O)C(F)(F)F)c3)c2)c(F)c1. The van der Waals surface area contributed by atoms with Gasteiger partial charge in [0.15, 0.2) is 0 Å². The number of sulfone groups is 1. The lowest BCUT2D eigenvalue weighted by Crippen LogP contribution is -2.42. The summed E-state index contributed by atoms with van der Waals surface area (Å²) in [5, 5.41) is 14.8. The quantitative estimate of drug-likeness (QED) is 0.263. The van der Waals surface area contributed by atoms with E-state index >= 15 is 0 Å². The number of methoxy groups -OCH3 is 1. The Bertz CT molecular complexity index is 1710. The molecular weight excluding hydrogens is 608 g/mol. The molecule has 44 heavy (non-hydrogen) atoms. The number of rotatable bonds is 9. The molecule has 0 spiro atoms. The highest BCUT2D eigenvalue weighted by Gasteiger charge is 2.47. The van der Waals surface area contributed by atoms with E-state index in [4.69, 9.17) is 4.74 Å². The van der Waals surface area contributed by atoms with Crippen LogP contribution in [0.3, 0.4) is 0 Å². The van der Waals surface area contributed by atoms with Crippen molar-refractivity contribution < 1.29 is 50.2 Å². The maximum Gasteiger partial charge on any atom is 0.501 e. The number of carbonyl (C=O) groups excluding carboxylic acids is 2. The molecule has 3 unspecified atom stereocenters. The predicted octanol–water partition coefficient (Wildman–Crippen LogP) is 5.52. The van der Waals surface area contributed by atoms with Crippen molar-refractivity contribution in [3.63, 3.8) is 0 Å². The van der Waals surface area contributed by atoms with Gasteiger partial charge in [0, 0.05) is 28.9 Å². The molecule has 1 fully saturated rings. The Labute approximate surface area is 250 Å². The molecule has 2 amide bonds. The van der Waals surface area contributed by atoms with Gasteiger partial charge < -0.3 is 20.5 Å². The number of anilines is 1. The molecule has 3 aromatic rings. The molecule has 234 valence electrons. The van der Waals surface area contributed by atoms with Gasteiger partial charge in [-0.05, 0) is 67.3 Å². The van der Waals surface area contributed by atoms with Gasteiger partial charge in [-0.15, -0.1) is 0 Å². The minimum atomic E-state index is -5.64. The Morgan fingerprint density at radius 3 is 2.39 bits per heavy atom. The summed E-state index contributed by atoms with van der Waals surface area (Å²) in [5.41, 5.74) is -5.14. The molecule has 3 N–H and O–H groups in total. The molecule has 1 aliphatic rings. The minimum absolute atomic E-state index is 0.0382. The van der Waals surface area contributed by atoms with Gasteiger partial charge in [0.25, 0.3) is 15.7 Å². The summed E-state index contributed by atoms with van der Waals surface area (Å²) in [6.07, 6.45) is 1.19. The molecule has 0 bridgehead atoms. The van der Waals surface area contributed by atoms with Crippen LogP contribution in [0.5, 0.6) is 5.75 Å². The van der Waals surface area contributed by atoms with Crippen LogP contribution in [-0.4, -0.2) is 50.0 Å². The van der Waals surface area contributed by atoms with Crippen molar-refractivity contribution in [1.82, 2.24) is 5.32 Å². The van der Waals surface area contributed by atoms with E-state index in [9.17, 15) is 45.5 Å². The first-order chi connectivity index (χ1) is 20.6. The second-order valence-electron chi connectivity index (χ2n) is 10.3. The van der Waals surface area contributed by atoms with Gasteiger partial charge in [0.05, 0.1) is 23.8 Å². The second kappa shape index (κ2) is 12.6. The third-order valence-electron chi connectivity index (χ3n) is 7.51. The maximum atomic E-state index is 14.8. The van der Waals surface area contributed by atoms with E-state index in [2.05, 4.69) is 10.6 Å². The number of nitrogens with one attached hydrogen (secondary N) is 2. The molecule has 1 saturated carbocycles. The van der Waals surface area contributed by atoms with Crippen LogP contribution in [0.1, 0.15) is 48.0 Å². The molecule has 0 saturated heterocycles. The van der Waals surface area contributed by atoms with Crippen LogP contribution in [-0.2, 0) is 19.4 Å². The van der Waals surface area contributed by atoms with Crippen molar-refractivity contribution in [2.45, 2.75) is 48.5 Å². The molecule has 9 nitrogen and oxygen atoms in total. The minimum Gasteiger partial charge on any atom is -0.497 e. The number of hydrogen-bond donors (Lipinski definition) is 3. The molecule has 3 aromatic carbocycles. The molecular formula is C30H28F4N2O7S. The van der Waals surface area contributed by atoms with E-state index in [0.717, 1.165) is 12.1 Å². The zero-order valence-corrected chi connectivity index (χ0v) is 24.3. The zero-order valence-electron chi connectivity index (χ0n) is 23.4. The first-order valence-electron chi connectivity index (χ1n) is 13.4. The Morgan fingerprint density at radius 2 is 1.75 bits per heavy atom. The smallest absolute Gasteiger partial charge is 0.497 e.